The predicted octanol–water partition coefficient (Wildman–Crippen LogP) is 5.55. The number of benzene rings is 2. The number of esters is 1. The number of carbonyl (C=O) groups is 2. The number of nitrogens with one attached hydrogen (secondary N) is 1. The average molecular weight is 438 g/mol. The third-order valence-corrected chi connectivity index (χ3v) is 4.77. The van der Waals surface area contributed by atoms with Gasteiger partial charge in [0.25, 0.3) is 5.91 Å². The maximum atomic E-state index is 12.6. The highest BCUT2D eigenvalue weighted by Gasteiger charge is 2.17. The van der Waals surface area contributed by atoms with Crippen LogP contribution in [-0.4, -0.2) is 23.5 Å². The summed E-state index contributed by atoms with van der Waals surface area (Å²) in [5.74, 6) is -1.19. The number of aryl methyl sites for hydroxylation is 1. The first kappa shape index (κ1) is 20.4. The number of nitrogens with zero attached hydrogens (tertiary/aromatic N) is 1. The van der Waals surface area contributed by atoms with E-state index in [1.165, 1.54) is 12.1 Å². The summed E-state index contributed by atoms with van der Waals surface area (Å²) in [5, 5.41) is 3.90. The summed E-state index contributed by atoms with van der Waals surface area (Å²) in [4.78, 5) is 29.2. The molecule has 0 spiro atoms. The van der Waals surface area contributed by atoms with Crippen LogP contribution in [0.4, 0.5) is 5.69 Å². The van der Waals surface area contributed by atoms with Crippen molar-refractivity contribution in [2.75, 3.05) is 11.9 Å². The fraction of sp³-hybridized carbons (Fsp3) is 0.150. The number of aromatic nitrogens is 1. The van der Waals surface area contributed by atoms with Crippen molar-refractivity contribution in [3.8, 4) is 0 Å². The molecule has 1 aromatic heterocycles. The van der Waals surface area contributed by atoms with E-state index < -0.39 is 18.5 Å². The normalized spacial score (nSPS) is 10.7. The van der Waals surface area contributed by atoms with Crippen molar-refractivity contribution in [2.45, 2.75) is 13.3 Å². The van der Waals surface area contributed by atoms with Crippen LogP contribution in [0.2, 0.25) is 15.1 Å². The minimum Gasteiger partial charge on any atom is -0.452 e. The second kappa shape index (κ2) is 8.78. The van der Waals surface area contributed by atoms with Gasteiger partial charge in [0.15, 0.2) is 6.61 Å². The summed E-state index contributed by atoms with van der Waals surface area (Å²) < 4.78 is 5.18. The highest BCUT2D eigenvalue weighted by Crippen LogP contribution is 2.33. The molecule has 144 valence electrons. The van der Waals surface area contributed by atoms with Crippen molar-refractivity contribution in [3.63, 3.8) is 0 Å². The number of hydrogen-bond acceptors (Lipinski definition) is 4. The first-order valence-electron chi connectivity index (χ1n) is 8.39. The molecule has 0 aliphatic rings. The van der Waals surface area contributed by atoms with Gasteiger partial charge in [0, 0.05) is 16.1 Å². The summed E-state index contributed by atoms with van der Waals surface area (Å²) in [6.45, 7) is 1.45. The molecule has 0 fully saturated rings. The molecule has 0 aliphatic heterocycles. The Morgan fingerprint density at radius 2 is 1.75 bits per heavy atom. The van der Waals surface area contributed by atoms with Gasteiger partial charge in [-0.15, -0.1) is 0 Å². The second-order valence-electron chi connectivity index (χ2n) is 5.90. The Morgan fingerprint density at radius 1 is 1.07 bits per heavy atom. The Bertz CT molecular complexity index is 1050. The number of fused-ring (bicyclic) bond motifs is 1. The van der Waals surface area contributed by atoms with Crippen molar-refractivity contribution in [2.24, 2.45) is 0 Å². The van der Waals surface area contributed by atoms with Gasteiger partial charge in [-0.2, -0.15) is 0 Å². The van der Waals surface area contributed by atoms with Gasteiger partial charge in [-0.1, -0.05) is 59.9 Å². The first-order valence-corrected chi connectivity index (χ1v) is 9.52. The number of rotatable bonds is 5. The fourth-order valence-electron chi connectivity index (χ4n) is 2.63. The van der Waals surface area contributed by atoms with E-state index >= 15 is 0 Å². The molecule has 0 atom stereocenters. The van der Waals surface area contributed by atoms with Crippen LogP contribution in [0.3, 0.4) is 0 Å². The van der Waals surface area contributed by atoms with Crippen LogP contribution in [0.5, 0.6) is 0 Å². The zero-order valence-electron chi connectivity index (χ0n) is 14.8. The number of pyridine rings is 1. The molecule has 0 bridgehead atoms. The minimum atomic E-state index is -0.614. The topological polar surface area (TPSA) is 68.3 Å². The average Bonchev–Trinajstić information content (AvgIpc) is 2.67. The number of anilines is 1. The minimum absolute atomic E-state index is 0.185. The number of carbonyl (C=O) groups excluding carboxylic acids is 2. The van der Waals surface area contributed by atoms with Crippen LogP contribution in [0.15, 0.2) is 42.5 Å². The van der Waals surface area contributed by atoms with E-state index in [0.29, 0.717) is 27.9 Å². The smallest absolute Gasteiger partial charge is 0.339 e. The Hall–Kier alpha value is -2.34. The monoisotopic (exact) mass is 436 g/mol. The van der Waals surface area contributed by atoms with Crippen molar-refractivity contribution >= 4 is 63.3 Å². The largest absolute Gasteiger partial charge is 0.452 e. The van der Waals surface area contributed by atoms with Crippen molar-refractivity contribution < 1.29 is 14.3 Å². The molecule has 8 heteroatoms. The molecule has 2 aromatic carbocycles. The lowest BCUT2D eigenvalue weighted by Gasteiger charge is -2.11. The molecule has 1 N–H and O–H groups in total. The molecule has 3 aromatic rings. The van der Waals surface area contributed by atoms with Gasteiger partial charge in [0.2, 0.25) is 0 Å². The van der Waals surface area contributed by atoms with Gasteiger partial charge in [-0.05, 0) is 30.7 Å². The van der Waals surface area contributed by atoms with E-state index in [2.05, 4.69) is 10.3 Å². The predicted molar refractivity (Wildman–Crippen MR) is 112 cm³/mol. The van der Waals surface area contributed by atoms with Crippen molar-refractivity contribution in [1.29, 1.82) is 0 Å². The van der Waals surface area contributed by atoms with E-state index in [1.54, 1.807) is 12.1 Å². The van der Waals surface area contributed by atoms with Gasteiger partial charge >= 0.3 is 5.97 Å². The number of halogens is 3. The zero-order chi connectivity index (χ0) is 20.3. The molecule has 28 heavy (non-hydrogen) atoms. The maximum Gasteiger partial charge on any atom is 0.339 e. The van der Waals surface area contributed by atoms with E-state index in [-0.39, 0.29) is 15.7 Å². The van der Waals surface area contributed by atoms with Crippen molar-refractivity contribution in [3.05, 3.63) is 68.8 Å². The fourth-order valence-corrected chi connectivity index (χ4v) is 3.54. The SMILES string of the molecule is CCc1cc(C(=O)OCC(=O)Nc2c(Cl)cc(Cl)cc2Cl)c2ccccc2n1. The van der Waals surface area contributed by atoms with Crippen molar-refractivity contribution in [1.82, 2.24) is 4.98 Å². The molecule has 1 heterocycles. The lowest BCUT2D eigenvalue weighted by molar-refractivity contribution is -0.119. The Morgan fingerprint density at radius 3 is 2.43 bits per heavy atom. The summed E-state index contributed by atoms with van der Waals surface area (Å²) in [5.41, 5.74) is 2.02. The number of amides is 1. The molecular weight excluding hydrogens is 423 g/mol. The Balaban J connectivity index is 1.74. The molecule has 1 amide bonds. The summed E-state index contributed by atoms with van der Waals surface area (Å²) >= 11 is 17.9. The number of para-hydroxylation sites is 1. The Labute approximate surface area is 176 Å². The van der Waals surface area contributed by atoms with Gasteiger partial charge < -0.3 is 10.1 Å². The van der Waals surface area contributed by atoms with Gasteiger partial charge in [-0.3, -0.25) is 9.78 Å². The molecular formula is C20H15Cl3N2O3. The van der Waals surface area contributed by atoms with Gasteiger partial charge in [0.05, 0.1) is 26.8 Å². The first-order chi connectivity index (χ1) is 13.4. The third kappa shape index (κ3) is 4.55. The van der Waals surface area contributed by atoms with Gasteiger partial charge in [0.1, 0.15) is 0 Å². The van der Waals surface area contributed by atoms with E-state index in [0.717, 1.165) is 5.69 Å². The molecule has 0 aliphatic carbocycles. The third-order valence-electron chi connectivity index (χ3n) is 3.96. The van der Waals surface area contributed by atoms with E-state index in [4.69, 9.17) is 39.5 Å². The lowest BCUT2D eigenvalue weighted by atomic mass is 10.1. The molecule has 5 nitrogen and oxygen atoms in total. The quantitative estimate of drug-likeness (QED) is 0.531. The van der Waals surface area contributed by atoms with E-state index in [9.17, 15) is 9.59 Å². The number of hydrogen-bond donors (Lipinski definition) is 1. The standard InChI is InChI=1S/C20H15Cl3N2O3/c1-2-12-9-14(13-5-3-4-6-17(13)24-12)20(27)28-10-18(26)25-19-15(22)7-11(21)8-16(19)23/h3-9H,2,10H2,1H3,(H,25,26). The van der Waals surface area contributed by atoms with Crippen LogP contribution < -0.4 is 5.32 Å². The summed E-state index contributed by atoms with van der Waals surface area (Å²) in [6.07, 6.45) is 0.666. The van der Waals surface area contributed by atoms with Crippen LogP contribution in [0.25, 0.3) is 10.9 Å². The lowest BCUT2D eigenvalue weighted by Crippen LogP contribution is -2.21. The van der Waals surface area contributed by atoms with Gasteiger partial charge in [-0.25, -0.2) is 4.79 Å². The van der Waals surface area contributed by atoms with Crippen LogP contribution >= 0.6 is 34.8 Å². The highest BCUT2D eigenvalue weighted by molar-refractivity contribution is 6.42. The van der Waals surface area contributed by atoms with E-state index in [1.807, 2.05) is 25.1 Å². The number of ether oxygens (including phenoxy) is 1. The second-order valence-corrected chi connectivity index (χ2v) is 7.15. The van der Waals surface area contributed by atoms with Crippen LogP contribution in [0, 0.1) is 0 Å². The van der Waals surface area contributed by atoms with Crippen LogP contribution in [-0.2, 0) is 16.0 Å². The van der Waals surface area contributed by atoms with Crippen LogP contribution in [0.1, 0.15) is 23.0 Å². The molecule has 0 unspecified atom stereocenters. The summed E-state index contributed by atoms with van der Waals surface area (Å²) in [6, 6.07) is 11.8. The zero-order valence-corrected chi connectivity index (χ0v) is 17.0. The Kier molecular flexibility index (Phi) is 6.39. The molecule has 0 saturated carbocycles. The summed E-state index contributed by atoms with van der Waals surface area (Å²) in [7, 11) is 0. The highest BCUT2D eigenvalue weighted by atomic mass is 35.5. The maximum absolute atomic E-state index is 12.6. The molecule has 3 rings (SSSR count). The molecule has 0 saturated heterocycles. The molecule has 0 radical (unpaired) electrons.